The van der Waals surface area contributed by atoms with E-state index in [0.717, 1.165) is 19.4 Å². The van der Waals surface area contributed by atoms with Crippen LogP contribution in [0.3, 0.4) is 0 Å². The average Bonchev–Trinajstić information content (AvgIpc) is 2.34. The third kappa shape index (κ3) is 8.87. The fourth-order valence-electron chi connectivity index (χ4n) is 2.23. The number of hydrogen-bond acceptors (Lipinski definition) is 3. The van der Waals surface area contributed by atoms with Gasteiger partial charge in [0.15, 0.2) is 0 Å². The Hall–Kier alpha value is -0.770. The Morgan fingerprint density at radius 1 is 1.21 bits per heavy atom. The molecule has 1 saturated heterocycles. The lowest BCUT2D eigenvalue weighted by Gasteiger charge is -2.26. The number of carbonyl (C=O) groups is 1. The number of likely N-dealkylation sites (tertiary alicyclic amines) is 1. The molecule has 0 aromatic heterocycles. The lowest BCUT2D eigenvalue weighted by Crippen LogP contribution is -2.32. The second-order valence-corrected chi connectivity index (χ2v) is 6.63. The second-order valence-electron chi connectivity index (χ2n) is 6.63. The monoisotopic (exact) mass is 270 g/mol. The number of rotatable bonds is 6. The van der Waals surface area contributed by atoms with E-state index in [-0.39, 0.29) is 11.5 Å². The fraction of sp³-hybridized carbons (Fsp3) is 0.933. The van der Waals surface area contributed by atoms with Crippen LogP contribution in [-0.4, -0.2) is 43.8 Å². The van der Waals surface area contributed by atoms with E-state index >= 15 is 0 Å². The fourth-order valence-corrected chi connectivity index (χ4v) is 2.23. The number of nitrogens with one attached hydrogen (secondary N) is 1. The van der Waals surface area contributed by atoms with Crippen molar-refractivity contribution in [1.82, 2.24) is 10.2 Å². The number of carbonyl (C=O) groups excluding carboxylic acids is 1. The van der Waals surface area contributed by atoms with Crippen molar-refractivity contribution in [3.63, 3.8) is 0 Å². The highest BCUT2D eigenvalue weighted by Gasteiger charge is 2.11. The van der Waals surface area contributed by atoms with E-state index in [1.165, 1.54) is 32.4 Å². The molecule has 0 saturated carbocycles. The van der Waals surface area contributed by atoms with E-state index < -0.39 is 0 Å². The van der Waals surface area contributed by atoms with Crippen LogP contribution in [0.15, 0.2) is 0 Å². The number of alkyl carbamates (subject to hydrolysis) is 1. The van der Waals surface area contributed by atoms with Crippen molar-refractivity contribution in [1.29, 1.82) is 0 Å². The molecule has 0 bridgehead atoms. The molecule has 4 nitrogen and oxygen atoms in total. The van der Waals surface area contributed by atoms with Gasteiger partial charge in [0, 0.05) is 13.1 Å². The van der Waals surface area contributed by atoms with Crippen molar-refractivity contribution in [3.05, 3.63) is 0 Å². The summed E-state index contributed by atoms with van der Waals surface area (Å²) in [6.07, 6.45) is 5.62. The molecule has 0 atom stereocenters. The number of piperidine rings is 1. The van der Waals surface area contributed by atoms with E-state index in [9.17, 15) is 4.79 Å². The van der Waals surface area contributed by atoms with Crippen LogP contribution in [-0.2, 0) is 4.74 Å². The zero-order valence-electron chi connectivity index (χ0n) is 12.8. The number of amides is 1. The summed E-state index contributed by atoms with van der Waals surface area (Å²) in [4.78, 5) is 13.9. The maximum Gasteiger partial charge on any atom is 0.407 e. The summed E-state index contributed by atoms with van der Waals surface area (Å²) in [6.45, 7) is 11.2. The molecule has 1 amide bonds. The lowest BCUT2D eigenvalue weighted by molar-refractivity contribution is 0.134. The Morgan fingerprint density at radius 3 is 2.53 bits per heavy atom. The van der Waals surface area contributed by atoms with Crippen LogP contribution < -0.4 is 5.32 Å². The summed E-state index contributed by atoms with van der Waals surface area (Å²) in [5.74, 6) is 0. The van der Waals surface area contributed by atoms with Crippen LogP contribution in [0.4, 0.5) is 4.79 Å². The first-order valence-electron chi connectivity index (χ1n) is 7.60. The molecule has 4 heteroatoms. The van der Waals surface area contributed by atoms with E-state index in [4.69, 9.17) is 4.74 Å². The van der Waals surface area contributed by atoms with Crippen molar-refractivity contribution in [2.75, 3.05) is 32.8 Å². The van der Waals surface area contributed by atoms with Crippen LogP contribution in [0.1, 0.15) is 52.9 Å². The third-order valence-electron chi connectivity index (χ3n) is 3.44. The standard InChI is InChI=1S/C15H30N2O2/c1-15(2,3)8-9-16-14(18)19-13-7-12-17-10-5-4-6-11-17/h4-13H2,1-3H3,(H,16,18). The molecule has 1 aliphatic heterocycles. The van der Waals surface area contributed by atoms with Crippen LogP contribution in [0.25, 0.3) is 0 Å². The summed E-state index contributed by atoms with van der Waals surface area (Å²) in [6, 6.07) is 0. The molecule has 1 aliphatic rings. The maximum absolute atomic E-state index is 11.4. The van der Waals surface area contributed by atoms with Crippen LogP contribution in [0.2, 0.25) is 0 Å². The van der Waals surface area contributed by atoms with Gasteiger partial charge >= 0.3 is 6.09 Å². The Kier molecular flexibility index (Phi) is 7.21. The summed E-state index contributed by atoms with van der Waals surface area (Å²) in [5.41, 5.74) is 0.252. The molecule has 0 unspecified atom stereocenters. The zero-order valence-corrected chi connectivity index (χ0v) is 12.8. The molecule has 0 aromatic carbocycles. The summed E-state index contributed by atoms with van der Waals surface area (Å²) in [5, 5.41) is 2.80. The minimum atomic E-state index is -0.275. The second kappa shape index (κ2) is 8.41. The van der Waals surface area contributed by atoms with Crippen molar-refractivity contribution in [2.45, 2.75) is 52.9 Å². The molecule has 1 heterocycles. The first-order valence-corrected chi connectivity index (χ1v) is 7.60. The Bertz CT molecular complexity index is 255. The Balaban J connectivity index is 1.95. The average molecular weight is 270 g/mol. The van der Waals surface area contributed by atoms with E-state index in [1.807, 2.05) is 0 Å². The van der Waals surface area contributed by atoms with Crippen LogP contribution >= 0.6 is 0 Å². The summed E-state index contributed by atoms with van der Waals surface area (Å²) in [7, 11) is 0. The molecular weight excluding hydrogens is 240 g/mol. The topological polar surface area (TPSA) is 41.6 Å². The number of hydrogen-bond donors (Lipinski definition) is 1. The summed E-state index contributed by atoms with van der Waals surface area (Å²) < 4.78 is 5.17. The van der Waals surface area contributed by atoms with Crippen molar-refractivity contribution in [2.24, 2.45) is 5.41 Å². The molecule has 112 valence electrons. The minimum Gasteiger partial charge on any atom is -0.450 e. The molecule has 0 spiro atoms. The largest absolute Gasteiger partial charge is 0.450 e. The van der Waals surface area contributed by atoms with Crippen molar-refractivity contribution >= 4 is 6.09 Å². The van der Waals surface area contributed by atoms with Gasteiger partial charge in [-0.3, -0.25) is 0 Å². The van der Waals surface area contributed by atoms with Crippen LogP contribution in [0, 0.1) is 5.41 Å². The van der Waals surface area contributed by atoms with Crippen molar-refractivity contribution in [3.8, 4) is 0 Å². The lowest BCUT2D eigenvalue weighted by atomic mass is 9.92. The molecular formula is C15H30N2O2. The van der Waals surface area contributed by atoms with E-state index in [0.29, 0.717) is 13.2 Å². The zero-order chi connectivity index (χ0) is 14.1. The molecule has 0 radical (unpaired) electrons. The highest BCUT2D eigenvalue weighted by atomic mass is 16.5. The molecule has 1 N–H and O–H groups in total. The highest BCUT2D eigenvalue weighted by Crippen LogP contribution is 2.16. The van der Waals surface area contributed by atoms with Gasteiger partial charge in [-0.25, -0.2) is 4.79 Å². The molecule has 1 rings (SSSR count). The van der Waals surface area contributed by atoms with Gasteiger partial charge in [0.1, 0.15) is 0 Å². The summed E-state index contributed by atoms with van der Waals surface area (Å²) >= 11 is 0. The highest BCUT2D eigenvalue weighted by molar-refractivity contribution is 5.66. The van der Waals surface area contributed by atoms with Crippen LogP contribution in [0.5, 0.6) is 0 Å². The smallest absolute Gasteiger partial charge is 0.407 e. The predicted molar refractivity (Wildman–Crippen MR) is 78.3 cm³/mol. The molecule has 19 heavy (non-hydrogen) atoms. The number of ether oxygens (including phenoxy) is 1. The van der Waals surface area contributed by atoms with Gasteiger partial charge in [-0.1, -0.05) is 27.2 Å². The van der Waals surface area contributed by atoms with Gasteiger partial charge in [-0.05, 0) is 44.2 Å². The molecule has 0 aliphatic carbocycles. The molecule has 1 fully saturated rings. The predicted octanol–water partition coefficient (Wildman–Crippen LogP) is 3.02. The first kappa shape index (κ1) is 16.3. The Morgan fingerprint density at radius 2 is 1.89 bits per heavy atom. The van der Waals surface area contributed by atoms with Gasteiger partial charge in [-0.15, -0.1) is 0 Å². The van der Waals surface area contributed by atoms with Gasteiger partial charge in [0.2, 0.25) is 0 Å². The van der Waals surface area contributed by atoms with Crippen molar-refractivity contribution < 1.29 is 9.53 Å². The Labute approximate surface area is 117 Å². The minimum absolute atomic E-state index is 0.252. The number of nitrogens with zero attached hydrogens (tertiary/aromatic N) is 1. The maximum atomic E-state index is 11.4. The van der Waals surface area contributed by atoms with Gasteiger partial charge in [0.05, 0.1) is 6.61 Å². The van der Waals surface area contributed by atoms with E-state index in [2.05, 4.69) is 31.0 Å². The van der Waals surface area contributed by atoms with Gasteiger partial charge < -0.3 is 15.0 Å². The van der Waals surface area contributed by atoms with E-state index in [1.54, 1.807) is 0 Å². The normalized spacial score (nSPS) is 17.2. The first-order chi connectivity index (χ1) is 8.97. The molecule has 0 aromatic rings. The van der Waals surface area contributed by atoms with Gasteiger partial charge in [-0.2, -0.15) is 0 Å². The third-order valence-corrected chi connectivity index (χ3v) is 3.44. The SMILES string of the molecule is CC(C)(C)CCNC(=O)OCCCN1CCCCC1. The van der Waals surface area contributed by atoms with Gasteiger partial charge in [0.25, 0.3) is 0 Å². The quantitative estimate of drug-likeness (QED) is 0.754.